The molecule has 0 saturated heterocycles. The van der Waals surface area contributed by atoms with E-state index in [4.69, 9.17) is 11.6 Å². The van der Waals surface area contributed by atoms with E-state index in [0.717, 1.165) is 6.07 Å². The topological polar surface area (TPSA) is 49.3 Å². The fourth-order valence-corrected chi connectivity index (χ4v) is 1.29. The van der Waals surface area contributed by atoms with E-state index in [0.29, 0.717) is 0 Å². The van der Waals surface area contributed by atoms with E-state index in [1.165, 1.54) is 12.1 Å². The maximum absolute atomic E-state index is 12.9. The van der Waals surface area contributed by atoms with Crippen LogP contribution in [0.2, 0.25) is 5.02 Å². The maximum Gasteiger partial charge on any atom is 0.251 e. The van der Waals surface area contributed by atoms with Crippen molar-refractivity contribution in [3.8, 4) is 0 Å². The van der Waals surface area contributed by atoms with Gasteiger partial charge in [0.25, 0.3) is 5.91 Å². The number of rotatable bonds is 3. The molecular weight excluding hydrogens is 245 g/mol. The van der Waals surface area contributed by atoms with Crippen LogP contribution in [0.1, 0.15) is 31.1 Å². The normalized spacial score (nSPS) is 13.3. The van der Waals surface area contributed by atoms with Crippen molar-refractivity contribution >= 4 is 17.5 Å². The van der Waals surface area contributed by atoms with E-state index >= 15 is 0 Å². The highest BCUT2D eigenvalue weighted by molar-refractivity contribution is 6.31. The van der Waals surface area contributed by atoms with E-state index in [2.05, 4.69) is 5.32 Å². The third-order valence-corrected chi connectivity index (χ3v) is 2.95. The molecule has 1 rings (SSSR count). The lowest BCUT2D eigenvalue weighted by molar-refractivity contribution is 0.0709. The molecule has 0 fully saturated rings. The van der Waals surface area contributed by atoms with Gasteiger partial charge in [-0.25, -0.2) is 4.39 Å². The average molecular weight is 260 g/mol. The lowest BCUT2D eigenvalue weighted by Crippen LogP contribution is -2.50. The predicted octanol–water partition coefficient (Wildman–Crippen LogP) is 2.37. The number of carbonyl (C=O) groups excluding carboxylic acids is 1. The maximum atomic E-state index is 12.9. The Morgan fingerprint density at radius 2 is 2.12 bits per heavy atom. The second-order valence-corrected chi connectivity index (χ2v) is 4.89. The van der Waals surface area contributed by atoms with E-state index in [-0.39, 0.29) is 10.6 Å². The van der Waals surface area contributed by atoms with E-state index in [1.807, 2.05) is 0 Å². The quantitative estimate of drug-likeness (QED) is 0.876. The number of carbonyl (C=O) groups is 1. The highest BCUT2D eigenvalue weighted by atomic mass is 35.5. The van der Waals surface area contributed by atoms with Crippen molar-refractivity contribution < 1.29 is 14.3 Å². The molecule has 17 heavy (non-hydrogen) atoms. The van der Waals surface area contributed by atoms with Crippen LogP contribution in [0, 0.1) is 5.82 Å². The van der Waals surface area contributed by atoms with Gasteiger partial charge in [-0.2, -0.15) is 0 Å². The fraction of sp³-hybridized carbons (Fsp3) is 0.417. The number of halogens is 2. The average Bonchev–Trinajstić information content (AvgIpc) is 2.21. The van der Waals surface area contributed by atoms with Gasteiger partial charge in [0.1, 0.15) is 5.82 Å². The minimum Gasteiger partial charge on any atom is -0.391 e. The van der Waals surface area contributed by atoms with Gasteiger partial charge in [-0.1, -0.05) is 11.6 Å². The molecule has 0 aromatic heterocycles. The molecule has 0 aliphatic rings. The first-order valence-corrected chi connectivity index (χ1v) is 5.57. The van der Waals surface area contributed by atoms with E-state index in [9.17, 15) is 14.3 Å². The van der Waals surface area contributed by atoms with Gasteiger partial charge in [0.2, 0.25) is 0 Å². The summed E-state index contributed by atoms with van der Waals surface area (Å²) < 4.78 is 12.9. The summed E-state index contributed by atoms with van der Waals surface area (Å²) in [6.07, 6.45) is -0.706. The zero-order chi connectivity index (χ0) is 13.2. The van der Waals surface area contributed by atoms with Crippen LogP contribution in [-0.4, -0.2) is 22.7 Å². The van der Waals surface area contributed by atoms with Gasteiger partial charge in [-0.3, -0.25) is 4.79 Å². The molecule has 0 radical (unpaired) electrons. The lowest BCUT2D eigenvalue weighted by Gasteiger charge is -2.29. The molecule has 5 heteroatoms. The van der Waals surface area contributed by atoms with E-state index in [1.54, 1.807) is 20.8 Å². The Labute approximate surface area is 105 Å². The third-order valence-electron chi connectivity index (χ3n) is 2.66. The van der Waals surface area contributed by atoms with Crippen molar-refractivity contribution in [1.29, 1.82) is 0 Å². The summed E-state index contributed by atoms with van der Waals surface area (Å²) >= 11 is 5.59. The summed E-state index contributed by atoms with van der Waals surface area (Å²) in [5.74, 6) is -0.976. The van der Waals surface area contributed by atoms with Gasteiger partial charge in [0, 0.05) is 5.56 Å². The second kappa shape index (κ2) is 5.02. The first-order valence-electron chi connectivity index (χ1n) is 5.19. The SMILES string of the molecule is CC(O)C(C)(C)NC(=O)c1ccc(F)c(Cl)c1. The number of amides is 1. The molecule has 0 spiro atoms. The number of aliphatic hydroxyl groups is 1. The van der Waals surface area contributed by atoms with Crippen LogP contribution in [0.15, 0.2) is 18.2 Å². The largest absolute Gasteiger partial charge is 0.391 e. The molecule has 0 bridgehead atoms. The summed E-state index contributed by atoms with van der Waals surface area (Å²) in [6.45, 7) is 4.97. The Morgan fingerprint density at radius 1 is 1.53 bits per heavy atom. The molecular formula is C12H15ClFNO2. The number of benzene rings is 1. The molecule has 0 aliphatic heterocycles. The lowest BCUT2D eigenvalue weighted by atomic mass is 9.98. The summed E-state index contributed by atoms with van der Waals surface area (Å²) in [4.78, 5) is 11.8. The standard InChI is InChI=1S/C12H15ClFNO2/c1-7(16)12(2,3)15-11(17)8-4-5-10(14)9(13)6-8/h4-7,16H,1-3H3,(H,15,17). The summed E-state index contributed by atoms with van der Waals surface area (Å²) in [5.41, 5.74) is -0.511. The van der Waals surface area contributed by atoms with Crippen LogP contribution < -0.4 is 5.32 Å². The molecule has 1 atom stereocenters. The van der Waals surface area contributed by atoms with Crippen molar-refractivity contribution in [2.24, 2.45) is 0 Å². The third kappa shape index (κ3) is 3.41. The molecule has 0 aliphatic carbocycles. The molecule has 0 heterocycles. The molecule has 1 aromatic carbocycles. The predicted molar refractivity (Wildman–Crippen MR) is 64.6 cm³/mol. The smallest absolute Gasteiger partial charge is 0.251 e. The zero-order valence-electron chi connectivity index (χ0n) is 9.92. The van der Waals surface area contributed by atoms with E-state index < -0.39 is 23.4 Å². The van der Waals surface area contributed by atoms with Crippen molar-refractivity contribution in [3.05, 3.63) is 34.6 Å². The van der Waals surface area contributed by atoms with Crippen LogP contribution in [0.3, 0.4) is 0 Å². The molecule has 94 valence electrons. The Bertz CT molecular complexity index is 433. The van der Waals surface area contributed by atoms with Gasteiger partial charge < -0.3 is 10.4 Å². The van der Waals surface area contributed by atoms with Gasteiger partial charge in [0.15, 0.2) is 0 Å². The Balaban J connectivity index is 2.87. The van der Waals surface area contributed by atoms with Crippen molar-refractivity contribution in [2.75, 3.05) is 0 Å². The highest BCUT2D eigenvalue weighted by Crippen LogP contribution is 2.17. The van der Waals surface area contributed by atoms with Crippen LogP contribution in [0.25, 0.3) is 0 Å². The van der Waals surface area contributed by atoms with Gasteiger partial charge in [-0.05, 0) is 39.0 Å². The van der Waals surface area contributed by atoms with Gasteiger partial charge in [0.05, 0.1) is 16.7 Å². The minimum atomic E-state index is -0.766. The number of hydrogen-bond acceptors (Lipinski definition) is 2. The summed E-state index contributed by atoms with van der Waals surface area (Å²) in [5, 5.41) is 12.0. The fourth-order valence-electron chi connectivity index (χ4n) is 1.11. The Kier molecular flexibility index (Phi) is 4.11. The van der Waals surface area contributed by atoms with Crippen molar-refractivity contribution in [2.45, 2.75) is 32.4 Å². The van der Waals surface area contributed by atoms with Crippen molar-refractivity contribution in [1.82, 2.24) is 5.32 Å². The van der Waals surface area contributed by atoms with Crippen LogP contribution >= 0.6 is 11.6 Å². The molecule has 0 saturated carbocycles. The number of nitrogens with one attached hydrogen (secondary N) is 1. The molecule has 1 amide bonds. The molecule has 3 nitrogen and oxygen atoms in total. The van der Waals surface area contributed by atoms with Crippen molar-refractivity contribution in [3.63, 3.8) is 0 Å². The van der Waals surface area contributed by atoms with Crippen LogP contribution in [0.4, 0.5) is 4.39 Å². The monoisotopic (exact) mass is 259 g/mol. The minimum absolute atomic E-state index is 0.104. The van der Waals surface area contributed by atoms with Gasteiger partial charge in [-0.15, -0.1) is 0 Å². The summed E-state index contributed by atoms with van der Waals surface area (Å²) in [7, 11) is 0. The highest BCUT2D eigenvalue weighted by Gasteiger charge is 2.26. The second-order valence-electron chi connectivity index (χ2n) is 4.48. The zero-order valence-corrected chi connectivity index (χ0v) is 10.7. The number of aliphatic hydroxyl groups excluding tert-OH is 1. The molecule has 1 unspecified atom stereocenters. The van der Waals surface area contributed by atoms with Crippen LogP contribution in [-0.2, 0) is 0 Å². The first kappa shape index (κ1) is 13.9. The molecule has 1 aromatic rings. The Morgan fingerprint density at radius 3 is 2.59 bits per heavy atom. The summed E-state index contributed by atoms with van der Waals surface area (Å²) in [6, 6.07) is 3.73. The Hall–Kier alpha value is -1.13. The molecule has 2 N–H and O–H groups in total. The van der Waals surface area contributed by atoms with Crippen LogP contribution in [0.5, 0.6) is 0 Å². The van der Waals surface area contributed by atoms with Gasteiger partial charge >= 0.3 is 0 Å². The number of hydrogen-bond donors (Lipinski definition) is 2. The first-order chi connectivity index (χ1) is 7.74.